The molecule has 2 heterocycles. The van der Waals surface area contributed by atoms with Crippen LogP contribution in [0, 0.1) is 4.77 Å². The van der Waals surface area contributed by atoms with Crippen LogP contribution in [0.5, 0.6) is 0 Å². The Hall–Kier alpha value is -0.610. The summed E-state index contributed by atoms with van der Waals surface area (Å²) in [5, 5.41) is 0. The highest BCUT2D eigenvalue weighted by Crippen LogP contribution is 2.33. The third-order valence-corrected chi connectivity index (χ3v) is 3.60. The second-order valence-electron chi connectivity index (χ2n) is 5.06. The third kappa shape index (κ3) is 2.23. The Morgan fingerprint density at radius 3 is 3.00 bits per heavy atom. The molecule has 1 aliphatic heterocycles. The van der Waals surface area contributed by atoms with Gasteiger partial charge in [-0.2, -0.15) is 0 Å². The molecule has 1 aromatic rings. The number of ether oxygens (including phenoxy) is 1. The molecule has 4 heteroatoms. The van der Waals surface area contributed by atoms with Crippen LogP contribution in [0.2, 0.25) is 0 Å². The zero-order valence-corrected chi connectivity index (χ0v) is 11.1. The Morgan fingerprint density at radius 1 is 1.62 bits per heavy atom. The Morgan fingerprint density at radius 2 is 2.38 bits per heavy atom. The Kier molecular flexibility index (Phi) is 3.22. The van der Waals surface area contributed by atoms with Crippen molar-refractivity contribution in [3.05, 3.63) is 16.7 Å². The molecule has 1 N–H and O–H groups in total. The quantitative estimate of drug-likeness (QED) is 0.804. The minimum absolute atomic E-state index is 0.0278. The van der Waals surface area contributed by atoms with E-state index in [-0.39, 0.29) is 5.60 Å². The van der Waals surface area contributed by atoms with Gasteiger partial charge in [0.25, 0.3) is 0 Å². The third-order valence-electron chi connectivity index (χ3n) is 3.29. The van der Waals surface area contributed by atoms with E-state index in [0.29, 0.717) is 6.04 Å². The van der Waals surface area contributed by atoms with E-state index in [1.54, 1.807) is 0 Å². The molecule has 1 saturated heterocycles. The first-order chi connectivity index (χ1) is 7.53. The van der Waals surface area contributed by atoms with Crippen molar-refractivity contribution >= 4 is 12.2 Å². The van der Waals surface area contributed by atoms with Crippen molar-refractivity contribution in [3.8, 4) is 0 Å². The van der Waals surface area contributed by atoms with Crippen molar-refractivity contribution in [3.63, 3.8) is 0 Å². The van der Waals surface area contributed by atoms with E-state index in [0.717, 1.165) is 30.6 Å². The number of aryl methyl sites for hydroxylation is 1. The van der Waals surface area contributed by atoms with Crippen molar-refractivity contribution in [2.75, 3.05) is 6.61 Å². The summed E-state index contributed by atoms with van der Waals surface area (Å²) in [5.74, 6) is 0. The van der Waals surface area contributed by atoms with Gasteiger partial charge in [-0.3, -0.25) is 0 Å². The summed E-state index contributed by atoms with van der Waals surface area (Å²) in [6, 6.07) is 0.484. The number of aromatic amines is 1. The molecular weight excluding hydrogens is 220 g/mol. The average Bonchev–Trinajstić information content (AvgIpc) is 2.58. The zero-order chi connectivity index (χ0) is 11.8. The van der Waals surface area contributed by atoms with Crippen molar-refractivity contribution < 1.29 is 4.74 Å². The smallest absolute Gasteiger partial charge is 0.177 e. The largest absolute Gasteiger partial charge is 0.375 e. The monoisotopic (exact) mass is 240 g/mol. The van der Waals surface area contributed by atoms with Gasteiger partial charge in [-0.15, -0.1) is 0 Å². The van der Waals surface area contributed by atoms with Crippen molar-refractivity contribution in [2.45, 2.75) is 51.7 Å². The molecular formula is C12H20N2OS. The Labute approximate surface area is 102 Å². The normalized spacial score (nSPS) is 24.6. The van der Waals surface area contributed by atoms with Crippen LogP contribution in [0.25, 0.3) is 0 Å². The van der Waals surface area contributed by atoms with E-state index in [2.05, 4.69) is 30.3 Å². The maximum atomic E-state index is 5.75. The predicted molar refractivity (Wildman–Crippen MR) is 67.3 cm³/mol. The highest BCUT2D eigenvalue weighted by atomic mass is 32.1. The molecule has 3 nitrogen and oxygen atoms in total. The fraction of sp³-hybridized carbons (Fsp3) is 0.750. The summed E-state index contributed by atoms with van der Waals surface area (Å²) in [5.41, 5.74) is 1.27. The highest BCUT2D eigenvalue weighted by Gasteiger charge is 2.30. The standard InChI is InChI=1S/C12H20N2OS/c1-4-9-8-13-11(16)14(9)10-5-6-15-12(2,3)7-10/h8,10H,4-7H2,1-3H3,(H,13,16). The predicted octanol–water partition coefficient (Wildman–Crippen LogP) is 3.24. The topological polar surface area (TPSA) is 29.9 Å². The highest BCUT2D eigenvalue weighted by molar-refractivity contribution is 7.71. The van der Waals surface area contributed by atoms with Gasteiger partial charge in [0.05, 0.1) is 5.60 Å². The molecule has 0 bridgehead atoms. The molecule has 90 valence electrons. The first-order valence-electron chi connectivity index (χ1n) is 5.96. The molecule has 1 aliphatic rings. The van der Waals surface area contributed by atoms with Gasteiger partial charge in [0, 0.05) is 24.5 Å². The molecule has 2 rings (SSSR count). The van der Waals surface area contributed by atoms with E-state index < -0.39 is 0 Å². The number of rotatable bonds is 2. The summed E-state index contributed by atoms with van der Waals surface area (Å²) in [6.45, 7) is 7.30. The molecule has 0 amide bonds. The minimum Gasteiger partial charge on any atom is -0.375 e. The minimum atomic E-state index is -0.0278. The van der Waals surface area contributed by atoms with Crippen molar-refractivity contribution in [1.29, 1.82) is 0 Å². The second-order valence-corrected chi connectivity index (χ2v) is 5.45. The van der Waals surface area contributed by atoms with Crippen LogP contribution >= 0.6 is 12.2 Å². The van der Waals surface area contributed by atoms with E-state index in [4.69, 9.17) is 17.0 Å². The van der Waals surface area contributed by atoms with E-state index in [1.165, 1.54) is 5.69 Å². The van der Waals surface area contributed by atoms with E-state index in [1.807, 2.05) is 6.20 Å². The molecule has 1 fully saturated rings. The lowest BCUT2D eigenvalue weighted by molar-refractivity contribution is -0.0695. The number of aromatic nitrogens is 2. The van der Waals surface area contributed by atoms with Crippen LogP contribution in [0.15, 0.2) is 6.20 Å². The summed E-state index contributed by atoms with van der Waals surface area (Å²) >= 11 is 5.36. The van der Waals surface area contributed by atoms with Gasteiger partial charge in [0.15, 0.2) is 4.77 Å². The Balaban J connectivity index is 2.29. The van der Waals surface area contributed by atoms with Gasteiger partial charge in [0.2, 0.25) is 0 Å². The first-order valence-corrected chi connectivity index (χ1v) is 6.37. The molecule has 1 aromatic heterocycles. The zero-order valence-electron chi connectivity index (χ0n) is 10.2. The van der Waals surface area contributed by atoms with E-state index in [9.17, 15) is 0 Å². The molecule has 0 saturated carbocycles. The molecule has 0 aromatic carbocycles. The molecule has 0 radical (unpaired) electrons. The van der Waals surface area contributed by atoms with Gasteiger partial charge in [-0.1, -0.05) is 6.92 Å². The summed E-state index contributed by atoms with van der Waals surface area (Å²) in [4.78, 5) is 3.15. The van der Waals surface area contributed by atoms with Crippen LogP contribution in [0.1, 0.15) is 45.3 Å². The first kappa shape index (κ1) is 11.9. The van der Waals surface area contributed by atoms with Crippen LogP contribution in [-0.4, -0.2) is 21.8 Å². The Bertz CT molecular complexity index is 419. The van der Waals surface area contributed by atoms with Gasteiger partial charge in [-0.25, -0.2) is 0 Å². The van der Waals surface area contributed by atoms with E-state index >= 15 is 0 Å². The lowest BCUT2D eigenvalue weighted by atomic mass is 9.93. The second kappa shape index (κ2) is 4.34. The number of nitrogens with one attached hydrogen (secondary N) is 1. The van der Waals surface area contributed by atoms with Crippen LogP contribution in [-0.2, 0) is 11.2 Å². The fourth-order valence-corrected chi connectivity index (χ4v) is 2.83. The number of hydrogen-bond acceptors (Lipinski definition) is 2. The molecule has 1 unspecified atom stereocenters. The number of H-pyrrole nitrogens is 1. The van der Waals surface area contributed by atoms with Gasteiger partial charge < -0.3 is 14.3 Å². The molecule has 16 heavy (non-hydrogen) atoms. The number of nitrogens with zero attached hydrogens (tertiary/aromatic N) is 1. The maximum absolute atomic E-state index is 5.75. The van der Waals surface area contributed by atoms with Crippen molar-refractivity contribution in [1.82, 2.24) is 9.55 Å². The summed E-state index contributed by atoms with van der Waals surface area (Å²) < 4.78 is 8.87. The van der Waals surface area contributed by atoms with Crippen molar-refractivity contribution in [2.24, 2.45) is 0 Å². The summed E-state index contributed by atoms with van der Waals surface area (Å²) in [7, 11) is 0. The SMILES string of the molecule is CCc1c[nH]c(=S)n1C1CCOC(C)(C)C1. The molecule has 0 spiro atoms. The van der Waals surface area contributed by atoms with Crippen LogP contribution in [0.4, 0.5) is 0 Å². The fourth-order valence-electron chi connectivity index (χ4n) is 2.51. The van der Waals surface area contributed by atoms with Gasteiger partial charge >= 0.3 is 0 Å². The van der Waals surface area contributed by atoms with Crippen LogP contribution in [0.3, 0.4) is 0 Å². The van der Waals surface area contributed by atoms with Crippen LogP contribution < -0.4 is 0 Å². The lowest BCUT2D eigenvalue weighted by Crippen LogP contribution is -2.35. The number of imidazole rings is 1. The summed E-state index contributed by atoms with van der Waals surface area (Å²) in [6.07, 6.45) is 5.14. The van der Waals surface area contributed by atoms with Gasteiger partial charge in [-0.05, 0) is 45.3 Å². The lowest BCUT2D eigenvalue weighted by Gasteiger charge is -2.36. The van der Waals surface area contributed by atoms with Gasteiger partial charge in [0.1, 0.15) is 0 Å². The number of hydrogen-bond donors (Lipinski definition) is 1. The molecule has 1 atom stereocenters. The molecule has 0 aliphatic carbocycles. The maximum Gasteiger partial charge on any atom is 0.177 e. The average molecular weight is 240 g/mol.